The van der Waals surface area contributed by atoms with Crippen molar-refractivity contribution in [2.45, 2.75) is 45.1 Å². The summed E-state index contributed by atoms with van der Waals surface area (Å²) in [5.41, 5.74) is 7.79. The van der Waals surface area contributed by atoms with Crippen molar-refractivity contribution in [1.29, 1.82) is 0 Å². The quantitative estimate of drug-likeness (QED) is 0.813. The van der Waals surface area contributed by atoms with Gasteiger partial charge in [0.15, 0.2) is 0 Å². The molecule has 0 aromatic heterocycles. The van der Waals surface area contributed by atoms with Crippen LogP contribution in [0.2, 0.25) is 0 Å². The Balaban J connectivity index is 2.06. The fraction of sp³-hybridized carbons (Fsp3) is 0.533. The van der Waals surface area contributed by atoms with Crippen LogP contribution in [0.4, 0.5) is 5.69 Å². The minimum atomic E-state index is 0.467. The first-order chi connectivity index (χ1) is 8.68. The molecule has 2 rings (SSSR count). The highest BCUT2D eigenvalue weighted by Gasteiger charge is 2.20. The Bertz CT molecular complexity index is 411. The topological polar surface area (TPSA) is 38.0 Å². The molecule has 1 aromatic rings. The Morgan fingerprint density at radius 2 is 1.94 bits per heavy atom. The Kier molecular flexibility index (Phi) is 4.59. The van der Waals surface area contributed by atoms with Crippen molar-refractivity contribution in [3.63, 3.8) is 0 Å². The molecule has 0 amide bonds. The number of para-hydroxylation sites is 1. The van der Waals surface area contributed by atoms with Crippen LogP contribution >= 0.6 is 12.2 Å². The maximum absolute atomic E-state index is 5.76. The molecule has 3 heteroatoms. The van der Waals surface area contributed by atoms with Crippen molar-refractivity contribution < 1.29 is 0 Å². The van der Waals surface area contributed by atoms with Crippen LogP contribution in [0.15, 0.2) is 24.3 Å². The normalized spacial score (nSPS) is 18.3. The number of hydrogen-bond acceptors (Lipinski definition) is 2. The Morgan fingerprint density at radius 3 is 2.61 bits per heavy atom. The lowest BCUT2D eigenvalue weighted by Gasteiger charge is -2.29. The van der Waals surface area contributed by atoms with Crippen LogP contribution in [-0.4, -0.2) is 11.0 Å². The fourth-order valence-corrected chi connectivity index (χ4v) is 3.00. The van der Waals surface area contributed by atoms with Crippen LogP contribution in [0, 0.1) is 5.92 Å². The van der Waals surface area contributed by atoms with Crippen molar-refractivity contribution >= 4 is 22.9 Å². The summed E-state index contributed by atoms with van der Waals surface area (Å²) in [5.74, 6) is 0.776. The molecular weight excluding hydrogens is 240 g/mol. The zero-order valence-corrected chi connectivity index (χ0v) is 11.8. The second-order valence-corrected chi connectivity index (χ2v) is 5.68. The van der Waals surface area contributed by atoms with Gasteiger partial charge in [0.05, 0.1) is 0 Å². The summed E-state index contributed by atoms with van der Waals surface area (Å²) in [6.07, 6.45) is 6.81. The van der Waals surface area contributed by atoms with Gasteiger partial charge >= 0.3 is 0 Å². The van der Waals surface area contributed by atoms with Crippen molar-refractivity contribution in [3.8, 4) is 0 Å². The first-order valence-corrected chi connectivity index (χ1v) is 7.24. The average molecular weight is 262 g/mol. The molecule has 2 nitrogen and oxygen atoms in total. The van der Waals surface area contributed by atoms with Gasteiger partial charge < -0.3 is 11.1 Å². The molecular formula is C15H22N2S. The van der Waals surface area contributed by atoms with E-state index < -0.39 is 0 Å². The second-order valence-electron chi connectivity index (χ2n) is 5.24. The highest BCUT2D eigenvalue weighted by Crippen LogP contribution is 2.28. The van der Waals surface area contributed by atoms with Crippen molar-refractivity contribution in [2.24, 2.45) is 11.7 Å². The van der Waals surface area contributed by atoms with Crippen molar-refractivity contribution in [2.75, 3.05) is 5.32 Å². The summed E-state index contributed by atoms with van der Waals surface area (Å²) < 4.78 is 0. The molecule has 3 N–H and O–H groups in total. The lowest BCUT2D eigenvalue weighted by atomic mass is 9.84. The number of anilines is 1. The summed E-state index contributed by atoms with van der Waals surface area (Å²) >= 11 is 5.10. The lowest BCUT2D eigenvalue weighted by Crippen LogP contribution is -2.28. The number of benzene rings is 1. The molecule has 1 saturated carbocycles. The van der Waals surface area contributed by atoms with Crippen LogP contribution in [0.3, 0.4) is 0 Å². The van der Waals surface area contributed by atoms with E-state index in [9.17, 15) is 0 Å². The highest BCUT2D eigenvalue weighted by atomic mass is 32.1. The van der Waals surface area contributed by atoms with E-state index in [1.165, 1.54) is 32.1 Å². The summed E-state index contributed by atoms with van der Waals surface area (Å²) in [6, 6.07) is 8.54. The van der Waals surface area contributed by atoms with E-state index >= 15 is 0 Å². The molecule has 1 aliphatic carbocycles. The molecule has 18 heavy (non-hydrogen) atoms. The standard InChI is InChI=1S/C15H22N2S/c1-11(12-7-3-2-4-8-12)17-14-10-6-5-9-13(14)15(16)18/h5-6,9-12,17H,2-4,7-8H2,1H3,(H2,16,18). The van der Waals surface area contributed by atoms with Crippen LogP contribution in [0.1, 0.15) is 44.6 Å². The molecule has 1 unspecified atom stereocenters. The third-order valence-electron chi connectivity index (χ3n) is 3.93. The van der Waals surface area contributed by atoms with E-state index in [4.69, 9.17) is 18.0 Å². The summed E-state index contributed by atoms with van der Waals surface area (Å²) in [7, 11) is 0. The Morgan fingerprint density at radius 1 is 1.28 bits per heavy atom. The number of nitrogens with one attached hydrogen (secondary N) is 1. The van der Waals surface area contributed by atoms with Gasteiger partial charge in [-0.3, -0.25) is 0 Å². The molecule has 0 heterocycles. The summed E-state index contributed by atoms with van der Waals surface area (Å²) in [6.45, 7) is 2.27. The van der Waals surface area contributed by atoms with Gasteiger partial charge in [0.25, 0.3) is 0 Å². The minimum Gasteiger partial charge on any atom is -0.389 e. The maximum Gasteiger partial charge on any atom is 0.106 e. The molecule has 0 radical (unpaired) electrons. The van der Waals surface area contributed by atoms with Crippen LogP contribution < -0.4 is 11.1 Å². The predicted octanol–water partition coefficient (Wildman–Crippen LogP) is 3.70. The summed E-state index contributed by atoms with van der Waals surface area (Å²) in [5, 5.41) is 3.59. The molecule has 1 aliphatic rings. The molecule has 0 spiro atoms. The molecule has 1 atom stereocenters. The van der Waals surface area contributed by atoms with E-state index in [2.05, 4.69) is 18.3 Å². The van der Waals surface area contributed by atoms with Crippen LogP contribution in [0.25, 0.3) is 0 Å². The molecule has 98 valence electrons. The first-order valence-electron chi connectivity index (χ1n) is 6.84. The summed E-state index contributed by atoms with van der Waals surface area (Å²) in [4.78, 5) is 0.467. The van der Waals surface area contributed by atoms with E-state index in [1.54, 1.807) is 0 Å². The van der Waals surface area contributed by atoms with Crippen molar-refractivity contribution in [1.82, 2.24) is 0 Å². The molecule has 0 aliphatic heterocycles. The largest absolute Gasteiger partial charge is 0.389 e. The lowest BCUT2D eigenvalue weighted by molar-refractivity contribution is 0.328. The zero-order chi connectivity index (χ0) is 13.0. The van der Waals surface area contributed by atoms with Gasteiger partial charge in [0, 0.05) is 17.3 Å². The minimum absolute atomic E-state index is 0.467. The third-order valence-corrected chi connectivity index (χ3v) is 4.15. The maximum atomic E-state index is 5.76. The number of nitrogens with two attached hydrogens (primary N) is 1. The van der Waals surface area contributed by atoms with Gasteiger partial charge in [-0.25, -0.2) is 0 Å². The van der Waals surface area contributed by atoms with E-state index in [1.807, 2.05) is 18.2 Å². The molecule has 1 aromatic carbocycles. The average Bonchev–Trinajstić information content (AvgIpc) is 2.40. The third kappa shape index (κ3) is 3.22. The predicted molar refractivity (Wildman–Crippen MR) is 82.0 cm³/mol. The number of thiocarbonyl (C=S) groups is 1. The fourth-order valence-electron chi connectivity index (χ4n) is 2.82. The molecule has 0 saturated heterocycles. The molecule has 0 bridgehead atoms. The van der Waals surface area contributed by atoms with Gasteiger partial charge in [0.1, 0.15) is 4.99 Å². The highest BCUT2D eigenvalue weighted by molar-refractivity contribution is 7.80. The Labute approximate surface area is 115 Å². The number of hydrogen-bond donors (Lipinski definition) is 2. The van der Waals surface area contributed by atoms with Gasteiger partial charge in [0.2, 0.25) is 0 Å². The van der Waals surface area contributed by atoms with Crippen LogP contribution in [-0.2, 0) is 0 Å². The van der Waals surface area contributed by atoms with Gasteiger partial charge in [-0.1, -0.05) is 43.6 Å². The van der Waals surface area contributed by atoms with Gasteiger partial charge in [-0.15, -0.1) is 0 Å². The smallest absolute Gasteiger partial charge is 0.106 e. The van der Waals surface area contributed by atoms with Crippen LogP contribution in [0.5, 0.6) is 0 Å². The first kappa shape index (κ1) is 13.3. The van der Waals surface area contributed by atoms with Gasteiger partial charge in [-0.2, -0.15) is 0 Å². The van der Waals surface area contributed by atoms with E-state index in [0.29, 0.717) is 11.0 Å². The SMILES string of the molecule is CC(Nc1ccccc1C(N)=S)C1CCCCC1. The molecule has 1 fully saturated rings. The second kappa shape index (κ2) is 6.19. The number of rotatable bonds is 4. The van der Waals surface area contributed by atoms with Gasteiger partial charge in [-0.05, 0) is 37.8 Å². The zero-order valence-electron chi connectivity index (χ0n) is 11.0. The monoisotopic (exact) mass is 262 g/mol. The van der Waals surface area contributed by atoms with Crippen molar-refractivity contribution in [3.05, 3.63) is 29.8 Å². The van der Waals surface area contributed by atoms with E-state index in [0.717, 1.165) is 17.2 Å². The van der Waals surface area contributed by atoms with E-state index in [-0.39, 0.29) is 0 Å². The Hall–Kier alpha value is -1.09.